The molecule has 0 radical (unpaired) electrons. The van der Waals surface area contributed by atoms with Crippen molar-refractivity contribution in [1.29, 1.82) is 10.5 Å². The molecule has 3 aliphatic rings. The van der Waals surface area contributed by atoms with E-state index in [0.29, 0.717) is 23.1 Å². The highest BCUT2D eigenvalue weighted by molar-refractivity contribution is 7.18. The molecule has 4 aromatic rings. The lowest BCUT2D eigenvalue weighted by molar-refractivity contribution is -0.123. The Morgan fingerprint density at radius 3 is 2.63 bits per heavy atom. The molecule has 2 N–H and O–H groups in total. The van der Waals surface area contributed by atoms with Crippen molar-refractivity contribution in [2.75, 3.05) is 23.3 Å². The van der Waals surface area contributed by atoms with Crippen LogP contribution in [0.25, 0.3) is 27.5 Å². The lowest BCUT2D eigenvalue weighted by Gasteiger charge is -2.38. The Hall–Kier alpha value is -4.55. The van der Waals surface area contributed by atoms with Crippen molar-refractivity contribution in [1.82, 2.24) is 30.1 Å². The number of aromatic nitrogens is 5. The molecular formula is C29H28N10OS. The van der Waals surface area contributed by atoms with Crippen LogP contribution in [-0.2, 0) is 4.79 Å². The Balaban J connectivity index is 1.15. The first kappa shape index (κ1) is 25.4. The summed E-state index contributed by atoms with van der Waals surface area (Å²) in [6.07, 6.45) is 7.58. The fourth-order valence-corrected chi connectivity index (χ4v) is 6.99. The van der Waals surface area contributed by atoms with Crippen LogP contribution in [0.15, 0.2) is 36.7 Å². The smallest absolute Gasteiger partial charge is 0.223 e. The first-order valence-electron chi connectivity index (χ1n) is 13.9. The zero-order valence-electron chi connectivity index (χ0n) is 22.5. The number of hydrogen-bond acceptors (Lipinski definition) is 10. The standard InChI is InChI=1S/C29H28N10OS/c1-16(10-30)34-23-9-24(25-7-6-21-8-17(11-31)12-33-39(21)25)32-13-22(23)28-36-37-29(41-28)38-14-19-4-5-20(15-38)26(19)35-27(40)18-2-3-18/h6-9,12-13,16,18-20,26H,2-5,14-15H2,1H3,(H,32,34)(H,35,40)/t16-,19-,20+,26?/m1/s1. The highest BCUT2D eigenvalue weighted by atomic mass is 32.1. The Morgan fingerprint density at radius 1 is 1.10 bits per heavy atom. The third kappa shape index (κ3) is 4.74. The summed E-state index contributed by atoms with van der Waals surface area (Å²) in [5, 5.41) is 40.4. The second-order valence-electron chi connectivity index (χ2n) is 11.2. The Labute approximate surface area is 240 Å². The third-order valence-electron chi connectivity index (χ3n) is 8.37. The van der Waals surface area contributed by atoms with Crippen molar-refractivity contribution in [3.8, 4) is 34.1 Å². The highest BCUT2D eigenvalue weighted by Crippen LogP contribution is 2.42. The van der Waals surface area contributed by atoms with Gasteiger partial charge in [0.15, 0.2) is 5.01 Å². The second kappa shape index (κ2) is 10.1. The van der Waals surface area contributed by atoms with Crippen LogP contribution < -0.4 is 15.5 Å². The Bertz CT molecular complexity index is 1710. The van der Waals surface area contributed by atoms with Gasteiger partial charge in [-0.2, -0.15) is 15.6 Å². The van der Waals surface area contributed by atoms with Gasteiger partial charge in [-0.05, 0) is 68.7 Å². The van der Waals surface area contributed by atoms with E-state index in [1.54, 1.807) is 23.7 Å². The topological polar surface area (TPSA) is 148 Å². The first-order chi connectivity index (χ1) is 20.0. The zero-order chi connectivity index (χ0) is 28.1. The molecule has 1 aliphatic heterocycles. The number of nitriles is 2. The summed E-state index contributed by atoms with van der Waals surface area (Å²) in [6.45, 7) is 3.52. The number of amides is 1. The maximum atomic E-state index is 12.4. The minimum absolute atomic E-state index is 0.230. The number of pyridine rings is 1. The van der Waals surface area contributed by atoms with Crippen LogP contribution in [0.4, 0.5) is 10.8 Å². The van der Waals surface area contributed by atoms with E-state index >= 15 is 0 Å². The van der Waals surface area contributed by atoms with E-state index in [0.717, 1.165) is 71.4 Å². The Kier molecular flexibility index (Phi) is 6.28. The maximum Gasteiger partial charge on any atom is 0.223 e. The first-order valence-corrected chi connectivity index (χ1v) is 14.8. The number of carbonyl (C=O) groups is 1. The highest BCUT2D eigenvalue weighted by Gasteiger charge is 2.45. The van der Waals surface area contributed by atoms with E-state index in [1.807, 2.05) is 18.2 Å². The molecule has 0 spiro atoms. The molecule has 1 unspecified atom stereocenters. The van der Waals surface area contributed by atoms with Gasteiger partial charge in [-0.1, -0.05) is 11.3 Å². The number of piperidine rings is 1. The number of nitrogens with zero attached hydrogens (tertiary/aromatic N) is 8. The molecule has 1 amide bonds. The summed E-state index contributed by atoms with van der Waals surface area (Å²) >= 11 is 1.52. The average molecular weight is 565 g/mol. The summed E-state index contributed by atoms with van der Waals surface area (Å²) in [5.74, 6) is 1.31. The van der Waals surface area contributed by atoms with Crippen LogP contribution in [0.3, 0.4) is 0 Å². The van der Waals surface area contributed by atoms with Crippen molar-refractivity contribution < 1.29 is 4.79 Å². The molecule has 2 bridgehead atoms. The van der Waals surface area contributed by atoms with Crippen LogP contribution >= 0.6 is 11.3 Å². The minimum atomic E-state index is -0.433. The molecule has 4 aromatic heterocycles. The molecule has 7 rings (SSSR count). The van der Waals surface area contributed by atoms with Crippen LogP contribution in [0.1, 0.15) is 38.2 Å². The number of anilines is 2. The minimum Gasteiger partial charge on any atom is -0.369 e. The molecule has 206 valence electrons. The fourth-order valence-electron chi connectivity index (χ4n) is 6.10. The predicted molar refractivity (Wildman–Crippen MR) is 154 cm³/mol. The van der Waals surface area contributed by atoms with Gasteiger partial charge in [0.05, 0.1) is 40.3 Å². The van der Waals surface area contributed by atoms with Gasteiger partial charge in [0.25, 0.3) is 0 Å². The number of fused-ring (bicyclic) bond motifs is 3. The molecule has 11 nitrogen and oxygen atoms in total. The molecule has 41 heavy (non-hydrogen) atoms. The molecule has 5 heterocycles. The van der Waals surface area contributed by atoms with E-state index in [2.05, 4.69) is 43.0 Å². The summed E-state index contributed by atoms with van der Waals surface area (Å²) < 4.78 is 1.74. The van der Waals surface area contributed by atoms with E-state index < -0.39 is 6.04 Å². The molecule has 3 fully saturated rings. The molecule has 1 saturated heterocycles. The molecule has 0 aromatic carbocycles. The summed E-state index contributed by atoms with van der Waals surface area (Å²) in [7, 11) is 0. The van der Waals surface area contributed by atoms with Crippen LogP contribution in [0.5, 0.6) is 0 Å². The normalized spacial score (nSPS) is 22.2. The van der Waals surface area contributed by atoms with Crippen molar-refractivity contribution >= 4 is 33.6 Å². The number of hydrogen-bond donors (Lipinski definition) is 2. The molecule has 12 heteroatoms. The summed E-state index contributed by atoms with van der Waals surface area (Å²) in [5.41, 5.74) is 4.24. The lowest BCUT2D eigenvalue weighted by atomic mass is 9.92. The van der Waals surface area contributed by atoms with Crippen molar-refractivity contribution in [2.24, 2.45) is 17.8 Å². The quantitative estimate of drug-likeness (QED) is 0.341. The van der Waals surface area contributed by atoms with Gasteiger partial charge in [0, 0.05) is 36.9 Å². The molecule has 2 saturated carbocycles. The zero-order valence-corrected chi connectivity index (χ0v) is 23.3. The van der Waals surface area contributed by atoms with E-state index in [9.17, 15) is 15.3 Å². The van der Waals surface area contributed by atoms with Gasteiger partial charge in [0.2, 0.25) is 11.0 Å². The molecule has 4 atom stereocenters. The third-order valence-corrected chi connectivity index (χ3v) is 9.38. The molecular weight excluding hydrogens is 536 g/mol. The van der Waals surface area contributed by atoms with Gasteiger partial charge in [-0.15, -0.1) is 10.2 Å². The Morgan fingerprint density at radius 2 is 1.90 bits per heavy atom. The van der Waals surface area contributed by atoms with Crippen molar-refractivity contribution in [3.63, 3.8) is 0 Å². The van der Waals surface area contributed by atoms with Crippen LogP contribution in [0.2, 0.25) is 0 Å². The van der Waals surface area contributed by atoms with Crippen molar-refractivity contribution in [2.45, 2.75) is 44.7 Å². The number of nitrogens with one attached hydrogen (secondary N) is 2. The predicted octanol–water partition coefficient (Wildman–Crippen LogP) is 3.85. The van der Waals surface area contributed by atoms with E-state index in [4.69, 9.17) is 4.98 Å². The summed E-state index contributed by atoms with van der Waals surface area (Å²) in [6, 6.07) is 11.7. The van der Waals surface area contributed by atoms with Crippen molar-refractivity contribution in [3.05, 3.63) is 42.2 Å². The van der Waals surface area contributed by atoms with E-state index in [1.165, 1.54) is 17.5 Å². The van der Waals surface area contributed by atoms with Gasteiger partial charge >= 0.3 is 0 Å². The van der Waals surface area contributed by atoms with Crippen LogP contribution in [0, 0.1) is 40.4 Å². The summed E-state index contributed by atoms with van der Waals surface area (Å²) in [4.78, 5) is 19.5. The lowest BCUT2D eigenvalue weighted by Crippen LogP contribution is -2.53. The largest absolute Gasteiger partial charge is 0.369 e. The average Bonchev–Trinajstić information content (AvgIpc) is 3.51. The van der Waals surface area contributed by atoms with Crippen LogP contribution in [-0.4, -0.2) is 55.9 Å². The van der Waals surface area contributed by atoms with Gasteiger partial charge in [-0.25, -0.2) is 4.52 Å². The maximum absolute atomic E-state index is 12.4. The van der Waals surface area contributed by atoms with Gasteiger partial charge in [0.1, 0.15) is 12.1 Å². The fraction of sp³-hybridized carbons (Fsp3) is 0.414. The SMILES string of the molecule is C[C@H](C#N)Nc1cc(-c2ccc3cc(C#N)cnn23)ncc1-c1nnc(N2C[C@H]3CC[C@@H](C2)C3NC(=O)C2CC2)s1. The van der Waals surface area contributed by atoms with E-state index in [-0.39, 0.29) is 17.9 Å². The van der Waals surface area contributed by atoms with Gasteiger partial charge < -0.3 is 15.5 Å². The number of rotatable bonds is 7. The second-order valence-corrected chi connectivity index (χ2v) is 12.2. The van der Waals surface area contributed by atoms with Gasteiger partial charge in [-0.3, -0.25) is 9.78 Å². The number of carbonyl (C=O) groups excluding carboxylic acids is 1. The monoisotopic (exact) mass is 564 g/mol. The molecule has 2 aliphatic carbocycles.